The van der Waals surface area contributed by atoms with Crippen molar-refractivity contribution in [1.29, 1.82) is 0 Å². The number of rotatable bonds is 2. The lowest BCUT2D eigenvalue weighted by molar-refractivity contribution is 0.624. The van der Waals surface area contributed by atoms with Crippen LogP contribution in [0.1, 0.15) is 27.6 Å². The minimum absolute atomic E-state index is 0.208. The van der Waals surface area contributed by atoms with E-state index in [1.807, 2.05) is 38.1 Å². The van der Waals surface area contributed by atoms with Crippen LogP contribution < -0.4 is 0 Å². The third-order valence-electron chi connectivity index (χ3n) is 2.97. The molecule has 2 rings (SSSR count). The summed E-state index contributed by atoms with van der Waals surface area (Å²) in [5.41, 5.74) is 3.83. The molecule has 94 valence electrons. The monoisotopic (exact) mass is 374 g/mol. The van der Waals surface area contributed by atoms with Crippen molar-refractivity contribution in [2.24, 2.45) is 0 Å². The van der Waals surface area contributed by atoms with E-state index in [1.165, 1.54) is 15.7 Å². The first-order valence-electron chi connectivity index (χ1n) is 5.65. The van der Waals surface area contributed by atoms with Crippen molar-refractivity contribution in [2.45, 2.75) is 19.2 Å². The average molecular weight is 375 g/mol. The van der Waals surface area contributed by atoms with Gasteiger partial charge in [0.25, 0.3) is 0 Å². The van der Waals surface area contributed by atoms with Crippen molar-refractivity contribution in [2.75, 3.05) is 0 Å². The minimum Gasteiger partial charge on any atom is -0.207 e. The second-order valence-corrected chi connectivity index (χ2v) is 6.05. The lowest BCUT2D eigenvalue weighted by Gasteiger charge is -2.16. The molecule has 0 N–H and O–H groups in total. The topological polar surface area (TPSA) is 0 Å². The number of alkyl halides is 1. The molecule has 0 saturated carbocycles. The first-order valence-corrected chi connectivity index (χ1v) is 7.16. The molecule has 0 bridgehead atoms. The van der Waals surface area contributed by atoms with Crippen LogP contribution in [0.15, 0.2) is 36.4 Å². The van der Waals surface area contributed by atoms with Crippen molar-refractivity contribution < 1.29 is 4.39 Å². The van der Waals surface area contributed by atoms with Gasteiger partial charge in [-0.15, -0.1) is 11.6 Å². The molecule has 0 fully saturated rings. The van der Waals surface area contributed by atoms with Crippen molar-refractivity contribution in [1.82, 2.24) is 0 Å². The molecule has 0 aliphatic rings. The summed E-state index contributed by atoms with van der Waals surface area (Å²) in [7, 11) is 0. The van der Waals surface area contributed by atoms with E-state index in [0.717, 1.165) is 22.3 Å². The molecular weight excluding hydrogens is 362 g/mol. The predicted molar refractivity (Wildman–Crippen MR) is 82.7 cm³/mol. The van der Waals surface area contributed by atoms with E-state index in [2.05, 4.69) is 22.6 Å². The fourth-order valence-electron chi connectivity index (χ4n) is 2.12. The SMILES string of the molecule is Cc1cc(F)cc(C)c1C(Cl)c1ccc(I)cc1. The van der Waals surface area contributed by atoms with Gasteiger partial charge in [-0.05, 0) is 83.0 Å². The van der Waals surface area contributed by atoms with Crippen LogP contribution in [0, 0.1) is 23.2 Å². The van der Waals surface area contributed by atoms with Gasteiger partial charge in [0.2, 0.25) is 0 Å². The number of benzene rings is 2. The quantitative estimate of drug-likeness (QED) is 0.489. The van der Waals surface area contributed by atoms with Crippen LogP contribution in [0.2, 0.25) is 0 Å². The zero-order valence-corrected chi connectivity index (χ0v) is 13.1. The van der Waals surface area contributed by atoms with E-state index in [1.54, 1.807) is 0 Å². The Hall–Kier alpha value is -0.610. The summed E-state index contributed by atoms with van der Waals surface area (Å²) in [6.07, 6.45) is 0. The van der Waals surface area contributed by atoms with Crippen LogP contribution in [0.25, 0.3) is 0 Å². The highest BCUT2D eigenvalue weighted by molar-refractivity contribution is 14.1. The molecule has 0 nitrogen and oxygen atoms in total. The van der Waals surface area contributed by atoms with E-state index in [0.29, 0.717) is 0 Å². The average Bonchev–Trinajstić information content (AvgIpc) is 2.28. The molecule has 0 heterocycles. The van der Waals surface area contributed by atoms with Gasteiger partial charge in [-0.25, -0.2) is 4.39 Å². The molecule has 18 heavy (non-hydrogen) atoms. The molecule has 0 amide bonds. The Kier molecular flexibility index (Phi) is 4.28. The first kappa shape index (κ1) is 13.8. The zero-order valence-electron chi connectivity index (χ0n) is 10.2. The molecule has 2 aromatic carbocycles. The Bertz CT molecular complexity index is 540. The normalized spacial score (nSPS) is 12.5. The first-order chi connectivity index (χ1) is 8.49. The lowest BCUT2D eigenvalue weighted by atomic mass is 9.95. The molecule has 0 radical (unpaired) electrons. The third kappa shape index (κ3) is 2.86. The number of hydrogen-bond donors (Lipinski definition) is 0. The molecule has 0 saturated heterocycles. The largest absolute Gasteiger partial charge is 0.207 e. The van der Waals surface area contributed by atoms with Crippen LogP contribution >= 0.6 is 34.2 Å². The Morgan fingerprint density at radius 1 is 1.06 bits per heavy atom. The Labute approximate surface area is 125 Å². The summed E-state index contributed by atoms with van der Waals surface area (Å²) in [4.78, 5) is 0. The highest BCUT2D eigenvalue weighted by Gasteiger charge is 2.16. The molecule has 1 atom stereocenters. The van der Waals surface area contributed by atoms with Gasteiger partial charge >= 0.3 is 0 Å². The van der Waals surface area contributed by atoms with E-state index in [-0.39, 0.29) is 11.2 Å². The van der Waals surface area contributed by atoms with Crippen LogP contribution in [-0.4, -0.2) is 0 Å². The fourth-order valence-corrected chi connectivity index (χ4v) is 2.97. The van der Waals surface area contributed by atoms with Gasteiger partial charge in [0, 0.05) is 3.57 Å². The lowest BCUT2D eigenvalue weighted by Crippen LogP contribution is -2.00. The maximum atomic E-state index is 13.3. The maximum Gasteiger partial charge on any atom is 0.123 e. The third-order valence-corrected chi connectivity index (χ3v) is 4.16. The van der Waals surface area contributed by atoms with E-state index in [4.69, 9.17) is 11.6 Å². The Morgan fingerprint density at radius 3 is 2.06 bits per heavy atom. The van der Waals surface area contributed by atoms with Crippen molar-refractivity contribution in [3.63, 3.8) is 0 Å². The van der Waals surface area contributed by atoms with Gasteiger partial charge in [0.1, 0.15) is 5.82 Å². The Balaban J connectivity index is 2.46. The molecule has 0 spiro atoms. The Morgan fingerprint density at radius 2 is 1.56 bits per heavy atom. The highest BCUT2D eigenvalue weighted by atomic mass is 127. The standard InChI is InChI=1S/C15H13ClFI/c1-9-7-12(17)8-10(2)14(9)15(16)11-3-5-13(18)6-4-11/h3-8,15H,1-2H3. The molecule has 1 unspecified atom stereocenters. The summed E-state index contributed by atoms with van der Waals surface area (Å²) in [5.74, 6) is -0.208. The van der Waals surface area contributed by atoms with Crippen molar-refractivity contribution in [3.05, 3.63) is 68.0 Å². The summed E-state index contributed by atoms with van der Waals surface area (Å²) in [6, 6.07) is 11.1. The molecule has 0 aromatic heterocycles. The van der Waals surface area contributed by atoms with Crippen molar-refractivity contribution >= 4 is 34.2 Å². The number of hydrogen-bond acceptors (Lipinski definition) is 0. The molecule has 0 aliphatic carbocycles. The van der Waals surface area contributed by atoms with Gasteiger partial charge < -0.3 is 0 Å². The van der Waals surface area contributed by atoms with Crippen LogP contribution in [0.5, 0.6) is 0 Å². The molecule has 0 aliphatic heterocycles. The fraction of sp³-hybridized carbons (Fsp3) is 0.200. The maximum absolute atomic E-state index is 13.3. The molecular formula is C15H13ClFI. The van der Waals surface area contributed by atoms with Crippen LogP contribution in [0.4, 0.5) is 4.39 Å². The van der Waals surface area contributed by atoms with Gasteiger partial charge in [0.05, 0.1) is 5.38 Å². The van der Waals surface area contributed by atoms with Gasteiger partial charge in [0.15, 0.2) is 0 Å². The van der Waals surface area contributed by atoms with Crippen LogP contribution in [0.3, 0.4) is 0 Å². The predicted octanol–water partition coefficient (Wildman–Crippen LogP) is 5.38. The van der Waals surface area contributed by atoms with Gasteiger partial charge in [-0.3, -0.25) is 0 Å². The summed E-state index contributed by atoms with van der Waals surface area (Å²) in [5, 5.41) is -0.234. The second kappa shape index (κ2) is 5.57. The smallest absolute Gasteiger partial charge is 0.123 e. The molecule has 3 heteroatoms. The van der Waals surface area contributed by atoms with E-state index < -0.39 is 0 Å². The molecule has 2 aromatic rings. The van der Waals surface area contributed by atoms with Gasteiger partial charge in [-0.1, -0.05) is 12.1 Å². The summed E-state index contributed by atoms with van der Waals surface area (Å²) >= 11 is 8.78. The highest BCUT2D eigenvalue weighted by Crippen LogP contribution is 2.33. The summed E-state index contributed by atoms with van der Waals surface area (Å²) < 4.78 is 14.5. The second-order valence-electron chi connectivity index (χ2n) is 4.37. The minimum atomic E-state index is -0.234. The van der Waals surface area contributed by atoms with Gasteiger partial charge in [-0.2, -0.15) is 0 Å². The zero-order chi connectivity index (χ0) is 13.3. The number of halogens is 3. The van der Waals surface area contributed by atoms with Crippen LogP contribution in [-0.2, 0) is 0 Å². The summed E-state index contributed by atoms with van der Waals surface area (Å²) in [6.45, 7) is 3.79. The van der Waals surface area contributed by atoms with E-state index >= 15 is 0 Å². The van der Waals surface area contributed by atoms with Crippen molar-refractivity contribution in [3.8, 4) is 0 Å². The number of aryl methyl sites for hydroxylation is 2. The van der Waals surface area contributed by atoms with E-state index in [9.17, 15) is 4.39 Å².